The number of nitrogens with zero attached hydrogens (tertiary/aromatic N) is 4. The maximum atomic E-state index is 12.6. The Labute approximate surface area is 149 Å². The van der Waals surface area contributed by atoms with E-state index < -0.39 is 0 Å². The van der Waals surface area contributed by atoms with Crippen LogP contribution < -0.4 is 0 Å². The molecule has 0 saturated heterocycles. The number of nitrogens with one attached hydrogen (secondary N) is 1. The first kappa shape index (κ1) is 15.6. The van der Waals surface area contributed by atoms with Crippen molar-refractivity contribution in [1.82, 2.24) is 15.1 Å². The van der Waals surface area contributed by atoms with E-state index in [9.17, 15) is 4.79 Å². The number of nitriles is 1. The Balaban J connectivity index is 1.80. The van der Waals surface area contributed by atoms with Crippen LogP contribution in [0.1, 0.15) is 15.9 Å². The van der Waals surface area contributed by atoms with Crippen LogP contribution in [-0.2, 0) is 6.54 Å². The first-order valence-corrected chi connectivity index (χ1v) is 7.97. The summed E-state index contributed by atoms with van der Waals surface area (Å²) >= 11 is 0. The Hall–Kier alpha value is -3.90. The zero-order valence-corrected chi connectivity index (χ0v) is 13.8. The molecule has 6 nitrogen and oxygen atoms in total. The van der Waals surface area contributed by atoms with Gasteiger partial charge in [-0.25, -0.2) is 5.10 Å². The smallest absolute Gasteiger partial charge is 0.257 e. The van der Waals surface area contributed by atoms with Gasteiger partial charge in [-0.3, -0.25) is 4.79 Å². The van der Waals surface area contributed by atoms with E-state index in [4.69, 9.17) is 11.8 Å². The summed E-state index contributed by atoms with van der Waals surface area (Å²) in [5.41, 5.74) is 4.53. The highest BCUT2D eigenvalue weighted by Gasteiger charge is 2.29. The second kappa shape index (κ2) is 5.87. The molecular formula is C20H13N5O. The maximum Gasteiger partial charge on any atom is 0.257 e. The van der Waals surface area contributed by atoms with Crippen LogP contribution in [0.5, 0.6) is 0 Å². The van der Waals surface area contributed by atoms with Gasteiger partial charge in [0.05, 0.1) is 12.6 Å². The molecule has 1 aromatic heterocycles. The fraction of sp³-hybridized carbons (Fsp3) is 0.100. The minimum absolute atomic E-state index is 0.0931. The number of aromatic nitrogens is 2. The lowest BCUT2D eigenvalue weighted by atomic mass is 9.96. The molecule has 0 aliphatic carbocycles. The Morgan fingerprint density at radius 3 is 2.96 bits per heavy atom. The molecule has 0 radical (unpaired) electrons. The largest absolute Gasteiger partial charge is 0.362 e. The van der Waals surface area contributed by atoms with Gasteiger partial charge in [-0.05, 0) is 28.8 Å². The molecule has 0 atom stereocenters. The van der Waals surface area contributed by atoms with Crippen molar-refractivity contribution < 1.29 is 4.79 Å². The zero-order chi connectivity index (χ0) is 18.3. The molecule has 26 heavy (non-hydrogen) atoms. The molecule has 1 N–H and O–H groups in total. The van der Waals surface area contributed by atoms with Crippen molar-refractivity contribution in [2.75, 3.05) is 6.54 Å². The summed E-state index contributed by atoms with van der Waals surface area (Å²) in [5, 5.41) is 16.5. The molecule has 1 aliphatic heterocycles. The lowest BCUT2D eigenvalue weighted by Crippen LogP contribution is -2.25. The summed E-state index contributed by atoms with van der Waals surface area (Å²) in [6.45, 7) is 11.6. The van der Waals surface area contributed by atoms with Crippen molar-refractivity contribution in [3.8, 4) is 17.2 Å². The van der Waals surface area contributed by atoms with Crippen molar-refractivity contribution in [2.24, 2.45) is 0 Å². The van der Waals surface area contributed by atoms with Crippen LogP contribution in [0.3, 0.4) is 0 Å². The third-order valence-electron chi connectivity index (χ3n) is 4.54. The van der Waals surface area contributed by atoms with Crippen LogP contribution in [0, 0.1) is 17.9 Å². The van der Waals surface area contributed by atoms with Crippen molar-refractivity contribution in [1.29, 1.82) is 5.26 Å². The number of aromatic amines is 1. The van der Waals surface area contributed by atoms with Crippen molar-refractivity contribution >= 4 is 22.6 Å². The third kappa shape index (κ3) is 2.33. The summed E-state index contributed by atoms with van der Waals surface area (Å²) < 4.78 is 0. The topological polar surface area (TPSA) is 77.1 Å². The van der Waals surface area contributed by atoms with Gasteiger partial charge in [0.15, 0.2) is 0 Å². The van der Waals surface area contributed by atoms with Crippen LogP contribution in [0.4, 0.5) is 5.82 Å². The predicted molar refractivity (Wildman–Crippen MR) is 97.3 cm³/mol. The summed E-state index contributed by atoms with van der Waals surface area (Å²) in [6.07, 6.45) is 0. The second-order valence-corrected chi connectivity index (χ2v) is 6.12. The van der Waals surface area contributed by atoms with Crippen LogP contribution in [-0.4, -0.2) is 27.5 Å². The number of rotatable bonds is 3. The number of hydrogen-bond donors (Lipinski definition) is 1. The third-order valence-corrected chi connectivity index (χ3v) is 4.54. The van der Waals surface area contributed by atoms with Crippen molar-refractivity contribution in [3.63, 3.8) is 0 Å². The van der Waals surface area contributed by atoms with E-state index >= 15 is 0 Å². The van der Waals surface area contributed by atoms with Crippen molar-refractivity contribution in [3.05, 3.63) is 71.1 Å². The number of benzene rings is 2. The minimum atomic E-state index is -0.0931. The van der Waals surface area contributed by atoms with E-state index in [0.717, 1.165) is 27.6 Å². The highest BCUT2D eigenvalue weighted by Crippen LogP contribution is 2.35. The normalized spacial score (nSPS) is 12.7. The number of carbonyl (C=O) groups excluding carboxylic acids is 1. The van der Waals surface area contributed by atoms with Gasteiger partial charge in [0.2, 0.25) is 0 Å². The standard InChI is InChI=1S/C20H13N5O/c1-12(9-21)10-25-11-17-14(4-3-5-15(17)20(25)26)13-6-7-18-16(8-13)19(22-2)24-23-18/h3-8H,1,10-11H2,(H,23,24). The molecule has 6 heteroatoms. The molecule has 0 spiro atoms. The summed E-state index contributed by atoms with van der Waals surface area (Å²) in [6, 6.07) is 13.3. The van der Waals surface area contributed by atoms with Gasteiger partial charge in [-0.15, -0.1) is 5.10 Å². The molecule has 124 valence electrons. The fourth-order valence-electron chi connectivity index (χ4n) is 3.30. The molecule has 2 heterocycles. The quantitative estimate of drug-likeness (QED) is 0.582. The summed E-state index contributed by atoms with van der Waals surface area (Å²) in [4.78, 5) is 17.7. The Kier molecular flexibility index (Phi) is 3.53. The van der Waals surface area contributed by atoms with Gasteiger partial charge >= 0.3 is 0 Å². The van der Waals surface area contributed by atoms with Crippen LogP contribution >= 0.6 is 0 Å². The van der Waals surface area contributed by atoms with Gasteiger partial charge in [0, 0.05) is 23.1 Å². The summed E-state index contributed by atoms with van der Waals surface area (Å²) in [7, 11) is 0. The van der Waals surface area contributed by atoms with E-state index in [1.54, 1.807) is 11.0 Å². The number of H-pyrrole nitrogens is 1. The fourth-order valence-corrected chi connectivity index (χ4v) is 3.30. The zero-order valence-electron chi connectivity index (χ0n) is 13.8. The molecule has 0 fully saturated rings. The predicted octanol–water partition coefficient (Wildman–Crippen LogP) is 3.82. The number of fused-ring (bicyclic) bond motifs is 2. The van der Waals surface area contributed by atoms with Crippen LogP contribution in [0.25, 0.3) is 26.9 Å². The lowest BCUT2D eigenvalue weighted by molar-refractivity contribution is 0.0794. The molecule has 1 amide bonds. The van der Waals surface area contributed by atoms with Gasteiger partial charge in [-0.1, -0.05) is 37.4 Å². The van der Waals surface area contributed by atoms with Gasteiger partial charge in [-0.2, -0.15) is 5.26 Å². The van der Waals surface area contributed by atoms with E-state index in [1.807, 2.05) is 36.4 Å². The van der Waals surface area contributed by atoms with E-state index in [-0.39, 0.29) is 12.5 Å². The highest BCUT2D eigenvalue weighted by atomic mass is 16.2. The average molecular weight is 339 g/mol. The van der Waals surface area contributed by atoms with Gasteiger partial charge in [0.25, 0.3) is 11.7 Å². The van der Waals surface area contributed by atoms with E-state index in [2.05, 4.69) is 21.6 Å². The Morgan fingerprint density at radius 2 is 2.19 bits per heavy atom. The molecule has 1 aliphatic rings. The average Bonchev–Trinajstić information content (AvgIpc) is 3.22. The molecule has 0 bridgehead atoms. The second-order valence-electron chi connectivity index (χ2n) is 6.12. The molecular weight excluding hydrogens is 326 g/mol. The molecule has 4 rings (SSSR count). The number of hydrogen-bond acceptors (Lipinski definition) is 3. The van der Waals surface area contributed by atoms with Crippen LogP contribution in [0.2, 0.25) is 0 Å². The van der Waals surface area contributed by atoms with E-state index in [1.165, 1.54) is 0 Å². The lowest BCUT2D eigenvalue weighted by Gasteiger charge is -2.14. The first-order chi connectivity index (χ1) is 12.6. The highest BCUT2D eigenvalue weighted by molar-refractivity contribution is 6.01. The SMILES string of the molecule is [C-]#[N+]c1[nH]nc2ccc(-c3cccc4c3CN(CC(=C)C#N)C4=O)cc12. The molecule has 2 aromatic carbocycles. The van der Waals surface area contributed by atoms with E-state index in [0.29, 0.717) is 23.5 Å². The Morgan fingerprint density at radius 1 is 1.38 bits per heavy atom. The molecule has 0 saturated carbocycles. The summed E-state index contributed by atoms with van der Waals surface area (Å²) in [5.74, 6) is 0.307. The van der Waals surface area contributed by atoms with Crippen molar-refractivity contribution in [2.45, 2.75) is 6.54 Å². The maximum absolute atomic E-state index is 12.6. The number of amides is 1. The first-order valence-electron chi connectivity index (χ1n) is 7.97. The van der Waals surface area contributed by atoms with Crippen LogP contribution in [0.15, 0.2) is 48.6 Å². The monoisotopic (exact) mass is 339 g/mol. The number of carbonyl (C=O) groups is 1. The van der Waals surface area contributed by atoms with Gasteiger partial charge in [0.1, 0.15) is 5.52 Å². The minimum Gasteiger partial charge on any atom is -0.362 e. The van der Waals surface area contributed by atoms with Gasteiger partial charge < -0.3 is 9.74 Å². The molecule has 0 unspecified atom stereocenters. The molecule has 3 aromatic rings. The Bertz CT molecular complexity index is 1160.